The van der Waals surface area contributed by atoms with E-state index < -0.39 is 43.5 Å². The zero-order valence-corrected chi connectivity index (χ0v) is 17.4. The van der Waals surface area contributed by atoms with Gasteiger partial charge in [-0.05, 0) is 24.3 Å². The Kier molecular flexibility index (Phi) is 5.65. The molecule has 0 aliphatic carbocycles. The molecule has 2 aromatic carbocycles. The Hall–Kier alpha value is -2.50. The predicted octanol–water partition coefficient (Wildman–Crippen LogP) is 0.763. The summed E-state index contributed by atoms with van der Waals surface area (Å²) in [5.74, 6) is -1.06. The van der Waals surface area contributed by atoms with Crippen LogP contribution in [0.1, 0.15) is 0 Å². The molecule has 11 heteroatoms. The van der Waals surface area contributed by atoms with Gasteiger partial charge >= 0.3 is 0 Å². The highest BCUT2D eigenvalue weighted by atomic mass is 32.2. The van der Waals surface area contributed by atoms with Gasteiger partial charge in [-0.3, -0.25) is 4.31 Å². The van der Waals surface area contributed by atoms with Gasteiger partial charge in [0.25, 0.3) is 10.0 Å². The second kappa shape index (κ2) is 7.73. The number of sulfonamides is 1. The maximum atomic E-state index is 13.6. The van der Waals surface area contributed by atoms with E-state index in [9.17, 15) is 27.0 Å². The van der Waals surface area contributed by atoms with Crippen molar-refractivity contribution < 1.29 is 36.5 Å². The number of phenols is 1. The van der Waals surface area contributed by atoms with Crippen LogP contribution in [0.2, 0.25) is 0 Å². The number of aliphatic hydroxyl groups excluding tert-OH is 1. The third-order valence-corrected chi connectivity index (χ3v) is 8.16. The normalized spacial score (nSPS) is 20.9. The number of benzene rings is 2. The van der Waals surface area contributed by atoms with Crippen LogP contribution in [0.5, 0.6) is 17.2 Å². The first-order valence-electron chi connectivity index (χ1n) is 8.53. The second-order valence-corrected chi connectivity index (χ2v) is 10.5. The number of methoxy groups -OCH3 is 2. The van der Waals surface area contributed by atoms with Crippen LogP contribution in [0.25, 0.3) is 0 Å². The Balaban J connectivity index is 2.24. The van der Waals surface area contributed by atoms with Gasteiger partial charge in [0.1, 0.15) is 22.1 Å². The standard InChI is InChI=1S/C18H21NO8S2/c1-26-14-6-7-17(27-2)18(9-14)29(24,25)19(12-4-3-5-13(20)8-12)15-10-28(22,23)11-16(15)21/h3-9,15-16,20-21H,10-11H2,1-2H3/t15-,16-/m0/s1. The van der Waals surface area contributed by atoms with Gasteiger partial charge in [-0.25, -0.2) is 16.8 Å². The van der Waals surface area contributed by atoms with E-state index in [1.165, 1.54) is 56.7 Å². The van der Waals surface area contributed by atoms with Crippen molar-refractivity contribution in [3.8, 4) is 17.2 Å². The molecule has 1 heterocycles. The molecule has 0 radical (unpaired) electrons. The van der Waals surface area contributed by atoms with Gasteiger partial charge in [-0.15, -0.1) is 0 Å². The lowest BCUT2D eigenvalue weighted by Crippen LogP contribution is -2.47. The third-order valence-electron chi connectivity index (χ3n) is 4.59. The molecule has 3 rings (SSSR count). The highest BCUT2D eigenvalue weighted by molar-refractivity contribution is 7.93. The highest BCUT2D eigenvalue weighted by Crippen LogP contribution is 2.37. The number of aromatic hydroxyl groups is 1. The van der Waals surface area contributed by atoms with Gasteiger partial charge in [-0.2, -0.15) is 0 Å². The summed E-state index contributed by atoms with van der Waals surface area (Å²) < 4.78 is 62.5. The van der Waals surface area contributed by atoms with E-state index in [2.05, 4.69) is 0 Å². The average Bonchev–Trinajstić information content (AvgIpc) is 2.93. The summed E-state index contributed by atoms with van der Waals surface area (Å²) >= 11 is 0. The van der Waals surface area contributed by atoms with Crippen LogP contribution in [0.4, 0.5) is 5.69 Å². The molecule has 0 saturated carbocycles. The number of ether oxygens (including phenoxy) is 2. The number of aliphatic hydroxyl groups is 1. The third kappa shape index (κ3) is 4.11. The van der Waals surface area contributed by atoms with Gasteiger partial charge in [0.05, 0.1) is 43.6 Å². The molecular weight excluding hydrogens is 422 g/mol. The molecule has 2 N–H and O–H groups in total. The van der Waals surface area contributed by atoms with Crippen molar-refractivity contribution in [1.82, 2.24) is 0 Å². The van der Waals surface area contributed by atoms with E-state index in [0.29, 0.717) is 0 Å². The van der Waals surface area contributed by atoms with E-state index >= 15 is 0 Å². The number of phenolic OH excluding ortho intramolecular Hbond substituents is 1. The first kappa shape index (κ1) is 21.2. The monoisotopic (exact) mass is 443 g/mol. The molecule has 0 bridgehead atoms. The van der Waals surface area contributed by atoms with Crippen LogP contribution in [0.15, 0.2) is 47.4 Å². The molecule has 1 aliphatic heterocycles. The van der Waals surface area contributed by atoms with Crippen molar-refractivity contribution in [3.63, 3.8) is 0 Å². The minimum absolute atomic E-state index is 0.0102. The van der Waals surface area contributed by atoms with Gasteiger partial charge in [0.2, 0.25) is 0 Å². The maximum Gasteiger partial charge on any atom is 0.268 e. The van der Waals surface area contributed by atoms with Gasteiger partial charge in [-0.1, -0.05) is 6.07 Å². The molecule has 29 heavy (non-hydrogen) atoms. The fourth-order valence-electron chi connectivity index (χ4n) is 3.26. The van der Waals surface area contributed by atoms with E-state index in [1.54, 1.807) is 0 Å². The Morgan fingerprint density at radius 3 is 2.34 bits per heavy atom. The molecule has 0 spiro atoms. The minimum atomic E-state index is -4.42. The smallest absolute Gasteiger partial charge is 0.268 e. The van der Waals surface area contributed by atoms with Gasteiger partial charge < -0.3 is 19.7 Å². The van der Waals surface area contributed by atoms with Crippen molar-refractivity contribution >= 4 is 25.5 Å². The summed E-state index contributed by atoms with van der Waals surface area (Å²) in [6.45, 7) is 0. The fourth-order valence-corrected chi connectivity index (χ4v) is 6.97. The zero-order chi connectivity index (χ0) is 21.4. The summed E-state index contributed by atoms with van der Waals surface area (Å²) in [6, 6.07) is 8.26. The van der Waals surface area contributed by atoms with Crippen molar-refractivity contribution in [2.45, 2.75) is 17.0 Å². The average molecular weight is 443 g/mol. The minimum Gasteiger partial charge on any atom is -0.508 e. The molecule has 1 aliphatic rings. The summed E-state index contributed by atoms with van der Waals surface area (Å²) in [5.41, 5.74) is 0.0102. The van der Waals surface area contributed by atoms with E-state index in [4.69, 9.17) is 9.47 Å². The highest BCUT2D eigenvalue weighted by Gasteiger charge is 2.45. The maximum absolute atomic E-state index is 13.6. The lowest BCUT2D eigenvalue weighted by atomic mass is 10.2. The van der Waals surface area contributed by atoms with Crippen molar-refractivity contribution in [3.05, 3.63) is 42.5 Å². The first-order chi connectivity index (χ1) is 13.6. The van der Waals surface area contributed by atoms with Crippen LogP contribution in [-0.4, -0.2) is 64.9 Å². The van der Waals surface area contributed by atoms with E-state index in [0.717, 1.165) is 4.31 Å². The van der Waals surface area contributed by atoms with Crippen LogP contribution >= 0.6 is 0 Å². The number of hydrogen-bond acceptors (Lipinski definition) is 8. The summed E-state index contributed by atoms with van der Waals surface area (Å²) in [6.07, 6.45) is -1.44. The molecule has 1 saturated heterocycles. The largest absolute Gasteiger partial charge is 0.508 e. The molecule has 2 atom stereocenters. The molecular formula is C18H21NO8S2. The lowest BCUT2D eigenvalue weighted by Gasteiger charge is -2.32. The molecule has 158 valence electrons. The SMILES string of the molecule is COc1ccc(OC)c(S(=O)(=O)N(c2cccc(O)c2)[C@H]2CS(=O)(=O)C[C@@H]2O)c1. The van der Waals surface area contributed by atoms with E-state index in [-0.39, 0.29) is 27.8 Å². The van der Waals surface area contributed by atoms with Crippen molar-refractivity contribution in [1.29, 1.82) is 0 Å². The molecule has 0 unspecified atom stereocenters. The van der Waals surface area contributed by atoms with Crippen molar-refractivity contribution in [2.75, 3.05) is 30.0 Å². The first-order valence-corrected chi connectivity index (χ1v) is 11.8. The fraction of sp³-hybridized carbons (Fsp3) is 0.333. The predicted molar refractivity (Wildman–Crippen MR) is 106 cm³/mol. The Labute approximate surface area is 169 Å². The topological polar surface area (TPSA) is 130 Å². The van der Waals surface area contributed by atoms with Crippen LogP contribution in [0, 0.1) is 0 Å². The van der Waals surface area contributed by atoms with Crippen molar-refractivity contribution in [2.24, 2.45) is 0 Å². The summed E-state index contributed by atoms with van der Waals surface area (Å²) in [4.78, 5) is -0.265. The lowest BCUT2D eigenvalue weighted by molar-refractivity contribution is 0.184. The summed E-state index contributed by atoms with van der Waals surface area (Å²) in [5, 5.41) is 20.2. The number of anilines is 1. The zero-order valence-electron chi connectivity index (χ0n) is 15.7. The van der Waals surface area contributed by atoms with E-state index in [1.807, 2.05) is 0 Å². The van der Waals surface area contributed by atoms with Crippen LogP contribution in [-0.2, 0) is 19.9 Å². The Bertz CT molecular complexity index is 1110. The summed E-state index contributed by atoms with van der Waals surface area (Å²) in [7, 11) is -5.40. The van der Waals surface area contributed by atoms with Gasteiger partial charge in [0.15, 0.2) is 9.84 Å². The van der Waals surface area contributed by atoms with Crippen LogP contribution < -0.4 is 13.8 Å². The molecule has 9 nitrogen and oxygen atoms in total. The number of hydrogen-bond donors (Lipinski definition) is 2. The molecule has 0 aromatic heterocycles. The van der Waals surface area contributed by atoms with Crippen LogP contribution in [0.3, 0.4) is 0 Å². The Morgan fingerprint density at radius 1 is 1.07 bits per heavy atom. The molecule has 1 fully saturated rings. The Morgan fingerprint density at radius 2 is 1.79 bits per heavy atom. The number of sulfone groups is 1. The second-order valence-electron chi connectivity index (χ2n) is 6.55. The molecule has 2 aromatic rings. The van der Waals surface area contributed by atoms with Gasteiger partial charge in [0, 0.05) is 12.1 Å². The quantitative estimate of drug-likeness (QED) is 0.669. The molecule has 0 amide bonds. The number of rotatable bonds is 6. The number of nitrogens with zero attached hydrogens (tertiary/aromatic N) is 1.